The number of methoxy groups -OCH3 is 1. The van der Waals surface area contributed by atoms with Crippen LogP contribution in [0.15, 0.2) is 18.2 Å². The molecule has 1 N–H and O–H groups in total. The van der Waals surface area contributed by atoms with Crippen LogP contribution in [0.4, 0.5) is 5.69 Å². The quantitative estimate of drug-likeness (QED) is 0.808. The normalized spacial score (nSPS) is 10.2. The highest BCUT2D eigenvalue weighted by molar-refractivity contribution is 6.33. The molecule has 0 unspecified atom stereocenters. The van der Waals surface area contributed by atoms with Gasteiger partial charge < -0.3 is 10.1 Å². The van der Waals surface area contributed by atoms with Gasteiger partial charge in [-0.15, -0.1) is 0 Å². The summed E-state index contributed by atoms with van der Waals surface area (Å²) in [4.78, 5) is 0. The van der Waals surface area contributed by atoms with Crippen molar-refractivity contribution in [3.8, 4) is 5.75 Å². The van der Waals surface area contributed by atoms with Crippen molar-refractivity contribution in [1.82, 2.24) is 0 Å². The molecule has 72 valence electrons. The standard InChI is InChI=1S/C10H14ClNO/c1-7(2)12-10-6-8(13-3)4-5-9(10)11/h4-7,12H,1-3H3. The largest absolute Gasteiger partial charge is 0.497 e. The maximum Gasteiger partial charge on any atom is 0.121 e. The molecule has 0 heterocycles. The highest BCUT2D eigenvalue weighted by Gasteiger charge is 2.02. The van der Waals surface area contributed by atoms with Crippen molar-refractivity contribution in [2.75, 3.05) is 12.4 Å². The Bertz CT molecular complexity index is 286. The molecule has 0 saturated heterocycles. The molecule has 0 saturated carbocycles. The molecule has 3 heteroatoms. The van der Waals surface area contributed by atoms with Crippen LogP contribution in [0.5, 0.6) is 5.75 Å². The van der Waals surface area contributed by atoms with Crippen molar-refractivity contribution in [3.63, 3.8) is 0 Å². The first kappa shape index (κ1) is 10.2. The lowest BCUT2D eigenvalue weighted by atomic mass is 10.2. The molecule has 0 bridgehead atoms. The number of halogens is 1. The van der Waals surface area contributed by atoms with Crippen molar-refractivity contribution >= 4 is 17.3 Å². The molecule has 0 aliphatic heterocycles. The Morgan fingerprint density at radius 1 is 1.38 bits per heavy atom. The fourth-order valence-corrected chi connectivity index (χ4v) is 1.23. The number of benzene rings is 1. The first-order valence-electron chi connectivity index (χ1n) is 4.23. The van der Waals surface area contributed by atoms with Crippen LogP contribution in [0, 0.1) is 0 Å². The van der Waals surface area contributed by atoms with E-state index in [1.807, 2.05) is 18.2 Å². The van der Waals surface area contributed by atoms with Crippen molar-refractivity contribution in [2.24, 2.45) is 0 Å². The second kappa shape index (κ2) is 4.38. The molecule has 2 nitrogen and oxygen atoms in total. The average molecular weight is 200 g/mol. The molecule has 0 radical (unpaired) electrons. The van der Waals surface area contributed by atoms with Crippen LogP contribution < -0.4 is 10.1 Å². The summed E-state index contributed by atoms with van der Waals surface area (Å²) in [6.07, 6.45) is 0. The number of nitrogens with one attached hydrogen (secondary N) is 1. The average Bonchev–Trinajstić information content (AvgIpc) is 2.08. The van der Waals surface area contributed by atoms with Gasteiger partial charge in [0.05, 0.1) is 17.8 Å². The summed E-state index contributed by atoms with van der Waals surface area (Å²) in [5.74, 6) is 0.813. The van der Waals surface area contributed by atoms with Gasteiger partial charge in [0.15, 0.2) is 0 Å². The van der Waals surface area contributed by atoms with Crippen molar-refractivity contribution < 1.29 is 4.74 Å². The van der Waals surface area contributed by atoms with E-state index in [1.165, 1.54) is 0 Å². The molecule has 0 atom stereocenters. The van der Waals surface area contributed by atoms with Crippen LogP contribution in [-0.4, -0.2) is 13.2 Å². The van der Waals surface area contributed by atoms with E-state index in [0.717, 1.165) is 16.5 Å². The van der Waals surface area contributed by atoms with E-state index in [0.29, 0.717) is 6.04 Å². The number of ether oxygens (including phenoxy) is 1. The van der Waals surface area contributed by atoms with Gasteiger partial charge in [-0.25, -0.2) is 0 Å². The van der Waals surface area contributed by atoms with Gasteiger partial charge in [0, 0.05) is 12.1 Å². The molecule has 0 aliphatic carbocycles. The number of hydrogen-bond donors (Lipinski definition) is 1. The highest BCUT2D eigenvalue weighted by atomic mass is 35.5. The molecule has 0 fully saturated rings. The van der Waals surface area contributed by atoms with Gasteiger partial charge in [0.2, 0.25) is 0 Å². The minimum Gasteiger partial charge on any atom is -0.497 e. The molecule has 13 heavy (non-hydrogen) atoms. The van der Waals surface area contributed by atoms with Gasteiger partial charge in [0.1, 0.15) is 5.75 Å². The molecule has 0 aliphatic rings. The third-order valence-corrected chi connectivity index (χ3v) is 1.95. The Hall–Kier alpha value is -0.890. The molecular formula is C10H14ClNO. The lowest BCUT2D eigenvalue weighted by Gasteiger charge is -2.12. The zero-order valence-electron chi connectivity index (χ0n) is 8.10. The van der Waals surface area contributed by atoms with E-state index in [1.54, 1.807) is 7.11 Å². The van der Waals surface area contributed by atoms with E-state index in [2.05, 4.69) is 19.2 Å². The van der Waals surface area contributed by atoms with E-state index in [4.69, 9.17) is 16.3 Å². The van der Waals surface area contributed by atoms with Crippen LogP contribution in [0.2, 0.25) is 5.02 Å². The highest BCUT2D eigenvalue weighted by Crippen LogP contribution is 2.26. The van der Waals surface area contributed by atoms with E-state index < -0.39 is 0 Å². The zero-order chi connectivity index (χ0) is 9.84. The third-order valence-electron chi connectivity index (χ3n) is 1.62. The van der Waals surface area contributed by atoms with Gasteiger partial charge in [-0.1, -0.05) is 11.6 Å². The van der Waals surface area contributed by atoms with Crippen LogP contribution in [-0.2, 0) is 0 Å². The lowest BCUT2D eigenvalue weighted by Crippen LogP contribution is -2.09. The molecular weight excluding hydrogens is 186 g/mol. The summed E-state index contributed by atoms with van der Waals surface area (Å²) in [5.41, 5.74) is 0.913. The molecule has 0 spiro atoms. The molecule has 1 aromatic rings. The summed E-state index contributed by atoms with van der Waals surface area (Å²) < 4.78 is 5.09. The predicted molar refractivity (Wildman–Crippen MR) is 56.8 cm³/mol. The van der Waals surface area contributed by atoms with Gasteiger partial charge >= 0.3 is 0 Å². The summed E-state index contributed by atoms with van der Waals surface area (Å²) in [6.45, 7) is 4.13. The second-order valence-electron chi connectivity index (χ2n) is 3.14. The Morgan fingerprint density at radius 2 is 2.08 bits per heavy atom. The van der Waals surface area contributed by atoms with Crippen LogP contribution >= 0.6 is 11.6 Å². The minimum atomic E-state index is 0.365. The lowest BCUT2D eigenvalue weighted by molar-refractivity contribution is 0.415. The summed E-state index contributed by atoms with van der Waals surface area (Å²) >= 11 is 5.98. The number of hydrogen-bond acceptors (Lipinski definition) is 2. The Kier molecular flexibility index (Phi) is 3.43. The van der Waals surface area contributed by atoms with Gasteiger partial charge in [-0.3, -0.25) is 0 Å². The molecule has 0 aromatic heterocycles. The predicted octanol–water partition coefficient (Wildman–Crippen LogP) is 3.17. The Labute approximate surface area is 83.9 Å². The van der Waals surface area contributed by atoms with Crippen molar-refractivity contribution in [1.29, 1.82) is 0 Å². The van der Waals surface area contributed by atoms with Crippen molar-refractivity contribution in [2.45, 2.75) is 19.9 Å². The van der Waals surface area contributed by atoms with E-state index >= 15 is 0 Å². The molecule has 1 aromatic carbocycles. The third kappa shape index (κ3) is 2.81. The minimum absolute atomic E-state index is 0.365. The smallest absolute Gasteiger partial charge is 0.121 e. The summed E-state index contributed by atoms with van der Waals surface area (Å²) in [6, 6.07) is 5.92. The molecule has 0 amide bonds. The fourth-order valence-electron chi connectivity index (χ4n) is 1.05. The molecule has 1 rings (SSSR count). The first-order chi connectivity index (χ1) is 6.13. The van der Waals surface area contributed by atoms with Gasteiger partial charge in [-0.05, 0) is 26.0 Å². The maximum absolute atomic E-state index is 5.98. The second-order valence-corrected chi connectivity index (χ2v) is 3.55. The number of rotatable bonds is 3. The van der Waals surface area contributed by atoms with Crippen LogP contribution in [0.1, 0.15) is 13.8 Å². The van der Waals surface area contributed by atoms with E-state index in [-0.39, 0.29) is 0 Å². The number of anilines is 1. The monoisotopic (exact) mass is 199 g/mol. The van der Waals surface area contributed by atoms with Gasteiger partial charge in [0.25, 0.3) is 0 Å². The summed E-state index contributed by atoms with van der Waals surface area (Å²) in [5, 5.41) is 3.95. The SMILES string of the molecule is COc1ccc(Cl)c(NC(C)C)c1. The fraction of sp³-hybridized carbons (Fsp3) is 0.400. The Balaban J connectivity index is 2.90. The zero-order valence-corrected chi connectivity index (χ0v) is 8.85. The summed E-state index contributed by atoms with van der Waals surface area (Å²) in [7, 11) is 1.64. The van der Waals surface area contributed by atoms with Crippen LogP contribution in [0.25, 0.3) is 0 Å². The Morgan fingerprint density at radius 3 is 2.62 bits per heavy atom. The maximum atomic E-state index is 5.98. The van der Waals surface area contributed by atoms with Crippen molar-refractivity contribution in [3.05, 3.63) is 23.2 Å². The van der Waals surface area contributed by atoms with Gasteiger partial charge in [-0.2, -0.15) is 0 Å². The topological polar surface area (TPSA) is 21.3 Å². The van der Waals surface area contributed by atoms with E-state index in [9.17, 15) is 0 Å². The van der Waals surface area contributed by atoms with Crippen LogP contribution in [0.3, 0.4) is 0 Å². The first-order valence-corrected chi connectivity index (χ1v) is 4.61.